The Bertz CT molecular complexity index is 1270. The number of carbonyl (C=O) groups excluding carboxylic acids is 1. The number of thiophene rings is 1. The number of ether oxygens (including phenoxy) is 2. The Morgan fingerprint density at radius 3 is 2.74 bits per heavy atom. The first-order chi connectivity index (χ1) is 15.1. The number of nitrogens with zero attached hydrogens (tertiary/aromatic N) is 1. The van der Waals surface area contributed by atoms with Crippen molar-refractivity contribution in [2.75, 3.05) is 18.2 Å². The van der Waals surface area contributed by atoms with Crippen LogP contribution in [0.5, 0.6) is 11.5 Å². The first kappa shape index (κ1) is 18.6. The molecule has 1 unspecified atom stereocenters. The van der Waals surface area contributed by atoms with Crippen molar-refractivity contribution in [1.82, 2.24) is 5.32 Å². The minimum atomic E-state index is -0.888. The third-order valence-electron chi connectivity index (χ3n) is 6.18. The van der Waals surface area contributed by atoms with E-state index in [-0.39, 0.29) is 12.7 Å². The second-order valence-corrected chi connectivity index (χ2v) is 9.50. The molecule has 0 bridgehead atoms. The molecule has 0 saturated carbocycles. The maximum atomic E-state index is 14.1. The topological polar surface area (TPSA) is 76.8 Å². The predicted molar refractivity (Wildman–Crippen MR) is 120 cm³/mol. The highest BCUT2D eigenvalue weighted by molar-refractivity contribution is 7.16. The van der Waals surface area contributed by atoms with E-state index in [1.54, 1.807) is 0 Å². The van der Waals surface area contributed by atoms with Gasteiger partial charge in [0, 0.05) is 28.9 Å². The second kappa shape index (κ2) is 6.67. The van der Waals surface area contributed by atoms with E-state index in [4.69, 9.17) is 26.8 Å². The van der Waals surface area contributed by atoms with Gasteiger partial charge in [-0.1, -0.05) is 29.8 Å². The van der Waals surface area contributed by atoms with E-state index in [1.807, 2.05) is 53.4 Å². The summed E-state index contributed by atoms with van der Waals surface area (Å²) in [5.41, 5.74) is 9.38. The SMILES string of the molecule is N/C=C1\NCC2(C(=O)N(Cc3ccc(Cl)s3)c3ccccc32)c2cc3c(cc21)OCO3. The predicted octanol–water partition coefficient (Wildman–Crippen LogP) is 3.82. The number of fused-ring (bicyclic) bond motifs is 5. The van der Waals surface area contributed by atoms with Crippen molar-refractivity contribution in [3.8, 4) is 11.5 Å². The quantitative estimate of drug-likeness (QED) is 0.619. The lowest BCUT2D eigenvalue weighted by Crippen LogP contribution is -2.50. The minimum absolute atomic E-state index is 0.0157. The number of hydrogen-bond donors (Lipinski definition) is 2. The lowest BCUT2D eigenvalue weighted by atomic mass is 9.70. The first-order valence-corrected chi connectivity index (χ1v) is 11.1. The largest absolute Gasteiger partial charge is 0.454 e. The highest BCUT2D eigenvalue weighted by Crippen LogP contribution is 2.52. The van der Waals surface area contributed by atoms with E-state index in [9.17, 15) is 4.79 Å². The number of amides is 1. The number of benzene rings is 2. The van der Waals surface area contributed by atoms with E-state index in [1.165, 1.54) is 17.5 Å². The monoisotopic (exact) mass is 451 g/mol. The molecule has 6 nitrogen and oxygen atoms in total. The third kappa shape index (κ3) is 2.53. The second-order valence-electron chi connectivity index (χ2n) is 7.70. The van der Waals surface area contributed by atoms with Crippen LogP contribution in [0.3, 0.4) is 0 Å². The number of carbonyl (C=O) groups is 1. The summed E-state index contributed by atoms with van der Waals surface area (Å²) in [4.78, 5) is 17.0. The summed E-state index contributed by atoms with van der Waals surface area (Å²) in [6.45, 7) is 1.03. The van der Waals surface area contributed by atoms with Crippen molar-refractivity contribution in [2.45, 2.75) is 12.0 Å². The molecule has 2 aromatic carbocycles. The van der Waals surface area contributed by atoms with E-state index in [0.29, 0.717) is 28.9 Å². The van der Waals surface area contributed by atoms with E-state index in [2.05, 4.69) is 5.32 Å². The highest BCUT2D eigenvalue weighted by atomic mass is 35.5. The number of anilines is 1. The Morgan fingerprint density at radius 2 is 1.97 bits per heavy atom. The molecule has 0 fully saturated rings. The molecule has 3 aliphatic rings. The van der Waals surface area contributed by atoms with E-state index < -0.39 is 5.41 Å². The number of nitrogens with one attached hydrogen (secondary N) is 1. The van der Waals surface area contributed by atoms with Crippen molar-refractivity contribution in [3.63, 3.8) is 0 Å². The average Bonchev–Trinajstić information content (AvgIpc) is 3.47. The van der Waals surface area contributed by atoms with Crippen LogP contribution in [-0.2, 0) is 16.8 Å². The van der Waals surface area contributed by atoms with Gasteiger partial charge < -0.3 is 25.4 Å². The van der Waals surface area contributed by atoms with Crippen LogP contribution in [0.15, 0.2) is 54.7 Å². The average molecular weight is 452 g/mol. The minimum Gasteiger partial charge on any atom is -0.454 e. The third-order valence-corrected chi connectivity index (χ3v) is 7.40. The Hall–Kier alpha value is -3.16. The normalized spacial score (nSPS) is 22.0. The van der Waals surface area contributed by atoms with Gasteiger partial charge in [-0.3, -0.25) is 4.79 Å². The standard InChI is InChI=1S/C23H18ClN3O3S/c24-21-6-5-13(31-21)10-27-18-4-2-1-3-15(18)23(22(27)28)11-26-17(9-25)14-7-19-20(8-16(14)23)30-12-29-19/h1-9,26H,10-12,25H2/b17-9-. The van der Waals surface area contributed by atoms with Crippen molar-refractivity contribution in [3.05, 3.63) is 80.6 Å². The summed E-state index contributed by atoms with van der Waals surface area (Å²) in [5.74, 6) is 1.31. The van der Waals surface area contributed by atoms with Crippen LogP contribution in [-0.4, -0.2) is 19.2 Å². The van der Waals surface area contributed by atoms with Gasteiger partial charge in [-0.2, -0.15) is 0 Å². The fourth-order valence-electron chi connectivity index (χ4n) is 4.79. The molecule has 3 aliphatic heterocycles. The van der Waals surface area contributed by atoms with Crippen LogP contribution in [0.4, 0.5) is 5.69 Å². The molecule has 1 aromatic heterocycles. The molecule has 4 heterocycles. The molecule has 8 heteroatoms. The number of para-hydroxylation sites is 1. The Balaban J connectivity index is 1.56. The maximum Gasteiger partial charge on any atom is 0.244 e. The number of nitrogens with two attached hydrogens (primary N) is 1. The summed E-state index contributed by atoms with van der Waals surface area (Å²) >= 11 is 7.63. The molecule has 3 N–H and O–H groups in total. The highest BCUT2D eigenvalue weighted by Gasteiger charge is 2.55. The maximum absolute atomic E-state index is 14.1. The zero-order valence-electron chi connectivity index (χ0n) is 16.4. The van der Waals surface area contributed by atoms with Crippen LogP contribution in [0.25, 0.3) is 5.70 Å². The molecule has 1 atom stereocenters. The van der Waals surface area contributed by atoms with E-state index in [0.717, 1.165) is 33.0 Å². The van der Waals surface area contributed by atoms with Crippen LogP contribution in [0.2, 0.25) is 4.34 Å². The van der Waals surface area contributed by atoms with Gasteiger partial charge in [0.1, 0.15) is 5.41 Å². The Morgan fingerprint density at radius 1 is 1.16 bits per heavy atom. The van der Waals surface area contributed by atoms with Gasteiger partial charge in [-0.25, -0.2) is 0 Å². The molecule has 0 saturated heterocycles. The molecule has 1 amide bonds. The molecule has 31 heavy (non-hydrogen) atoms. The van der Waals surface area contributed by atoms with Crippen LogP contribution in [0, 0.1) is 0 Å². The fraction of sp³-hybridized carbons (Fsp3) is 0.174. The molecule has 0 aliphatic carbocycles. The van der Waals surface area contributed by atoms with Gasteiger partial charge in [0.2, 0.25) is 12.7 Å². The van der Waals surface area contributed by atoms with Crippen molar-refractivity contribution in [1.29, 1.82) is 0 Å². The van der Waals surface area contributed by atoms with Crippen LogP contribution < -0.4 is 25.4 Å². The van der Waals surface area contributed by atoms with Crippen molar-refractivity contribution >= 4 is 40.2 Å². The number of hydrogen-bond acceptors (Lipinski definition) is 6. The summed E-state index contributed by atoms with van der Waals surface area (Å²) in [7, 11) is 0. The number of halogens is 1. The van der Waals surface area contributed by atoms with Gasteiger partial charge in [-0.05, 0) is 41.5 Å². The summed E-state index contributed by atoms with van der Waals surface area (Å²) in [6, 6.07) is 15.6. The first-order valence-electron chi connectivity index (χ1n) is 9.88. The molecular weight excluding hydrogens is 434 g/mol. The van der Waals surface area contributed by atoms with Crippen molar-refractivity contribution in [2.24, 2.45) is 5.73 Å². The Labute approximate surface area is 187 Å². The lowest BCUT2D eigenvalue weighted by molar-refractivity contribution is -0.121. The molecular formula is C23H18ClN3O3S. The van der Waals surface area contributed by atoms with E-state index >= 15 is 0 Å². The smallest absolute Gasteiger partial charge is 0.244 e. The molecule has 3 aromatic rings. The lowest BCUT2D eigenvalue weighted by Gasteiger charge is -2.37. The molecule has 0 radical (unpaired) electrons. The van der Waals surface area contributed by atoms with Crippen molar-refractivity contribution < 1.29 is 14.3 Å². The van der Waals surface area contributed by atoms with Gasteiger partial charge in [0.05, 0.1) is 16.6 Å². The van der Waals surface area contributed by atoms with Gasteiger partial charge in [0.25, 0.3) is 0 Å². The summed E-state index contributed by atoms with van der Waals surface area (Å²) in [6.07, 6.45) is 1.53. The fourth-order valence-corrected chi connectivity index (χ4v) is 5.87. The van der Waals surface area contributed by atoms with Crippen LogP contribution in [0.1, 0.15) is 21.6 Å². The van der Waals surface area contributed by atoms with Gasteiger partial charge >= 0.3 is 0 Å². The van der Waals surface area contributed by atoms with Crippen LogP contribution >= 0.6 is 22.9 Å². The summed E-state index contributed by atoms with van der Waals surface area (Å²) < 4.78 is 11.9. The zero-order chi connectivity index (χ0) is 21.2. The number of rotatable bonds is 2. The van der Waals surface area contributed by atoms with Gasteiger partial charge in [0.15, 0.2) is 11.5 Å². The van der Waals surface area contributed by atoms with Gasteiger partial charge in [-0.15, -0.1) is 11.3 Å². The molecule has 156 valence electrons. The zero-order valence-corrected chi connectivity index (χ0v) is 17.9. The summed E-state index contributed by atoms with van der Waals surface area (Å²) in [5, 5.41) is 3.38. The molecule has 1 spiro atoms. The Kier molecular flexibility index (Phi) is 4.00. The molecule has 6 rings (SSSR count).